The summed E-state index contributed by atoms with van der Waals surface area (Å²) in [6, 6.07) is 12.2. The van der Waals surface area contributed by atoms with Gasteiger partial charge >= 0.3 is 6.03 Å². The van der Waals surface area contributed by atoms with Crippen LogP contribution in [0.5, 0.6) is 0 Å². The number of nitrogens with one attached hydrogen (secondary N) is 2. The second kappa shape index (κ2) is 9.21. The van der Waals surface area contributed by atoms with Crippen LogP contribution in [0.3, 0.4) is 0 Å². The number of carbonyl (C=O) groups is 3. The highest BCUT2D eigenvalue weighted by atomic mass is 79.9. The molecular formula is C20H19BrClN3O3. The van der Waals surface area contributed by atoms with Gasteiger partial charge in [-0.05, 0) is 48.7 Å². The van der Waals surface area contributed by atoms with Crippen molar-refractivity contribution in [2.45, 2.75) is 12.8 Å². The maximum Gasteiger partial charge on any atom is 0.314 e. The first-order valence-electron chi connectivity index (χ1n) is 8.87. The Morgan fingerprint density at radius 1 is 0.964 bits per heavy atom. The molecule has 0 spiro atoms. The summed E-state index contributed by atoms with van der Waals surface area (Å²) >= 11 is 9.15. The van der Waals surface area contributed by atoms with Crippen molar-refractivity contribution in [1.29, 1.82) is 0 Å². The van der Waals surface area contributed by atoms with Crippen LogP contribution in [0, 0.1) is 0 Å². The average molecular weight is 465 g/mol. The lowest BCUT2D eigenvalue weighted by atomic mass is 10.1. The van der Waals surface area contributed by atoms with Crippen LogP contribution >= 0.6 is 27.5 Å². The van der Waals surface area contributed by atoms with Gasteiger partial charge in [-0.25, -0.2) is 4.79 Å². The third-order valence-electron chi connectivity index (χ3n) is 4.39. The molecular weight excluding hydrogens is 446 g/mol. The van der Waals surface area contributed by atoms with Crippen LogP contribution in [0.1, 0.15) is 32.7 Å². The Morgan fingerprint density at radius 2 is 1.64 bits per heavy atom. The molecule has 0 aromatic heterocycles. The molecule has 28 heavy (non-hydrogen) atoms. The lowest BCUT2D eigenvalue weighted by Crippen LogP contribution is -2.38. The van der Waals surface area contributed by atoms with Crippen molar-refractivity contribution < 1.29 is 14.4 Å². The highest BCUT2D eigenvalue weighted by molar-refractivity contribution is 9.10. The summed E-state index contributed by atoms with van der Waals surface area (Å²) in [5.74, 6) is -0.589. The Bertz CT molecular complexity index is 902. The Hall–Kier alpha value is -2.38. The largest absolute Gasteiger partial charge is 0.338 e. The average Bonchev–Trinajstić information content (AvgIpc) is 2.90. The minimum absolute atomic E-state index is 0.259. The van der Waals surface area contributed by atoms with E-state index in [9.17, 15) is 14.4 Å². The third-order valence-corrected chi connectivity index (χ3v) is 5.13. The van der Waals surface area contributed by atoms with Gasteiger partial charge in [-0.2, -0.15) is 0 Å². The molecule has 4 amide bonds. The van der Waals surface area contributed by atoms with E-state index in [1.807, 2.05) is 24.3 Å². The molecule has 2 N–H and O–H groups in total. The van der Waals surface area contributed by atoms with E-state index in [4.69, 9.17) is 11.6 Å². The van der Waals surface area contributed by atoms with E-state index in [1.54, 1.807) is 18.2 Å². The summed E-state index contributed by atoms with van der Waals surface area (Å²) in [4.78, 5) is 37.7. The van der Waals surface area contributed by atoms with Crippen molar-refractivity contribution in [2.75, 3.05) is 19.6 Å². The number of rotatable bonds is 7. The van der Waals surface area contributed by atoms with Crippen LogP contribution in [0.2, 0.25) is 5.02 Å². The molecule has 0 saturated carbocycles. The number of hydrogen-bond donors (Lipinski definition) is 2. The second-order valence-corrected chi connectivity index (χ2v) is 7.72. The Balaban J connectivity index is 1.36. The summed E-state index contributed by atoms with van der Waals surface area (Å²) in [7, 11) is 0. The van der Waals surface area contributed by atoms with Crippen LogP contribution in [0.4, 0.5) is 4.79 Å². The number of imide groups is 1. The molecule has 0 bridgehead atoms. The predicted octanol–water partition coefficient (Wildman–Crippen LogP) is 3.63. The van der Waals surface area contributed by atoms with E-state index in [2.05, 4.69) is 26.6 Å². The zero-order valence-corrected chi connectivity index (χ0v) is 17.3. The van der Waals surface area contributed by atoms with Crippen LogP contribution < -0.4 is 10.6 Å². The van der Waals surface area contributed by atoms with Crippen LogP contribution in [-0.4, -0.2) is 42.4 Å². The standard InChI is InChI=1S/C20H19BrClN3O3/c21-14-4-7-16-17(12-14)19(27)25(18(16)26)11-1-9-23-20(28)24-10-8-13-2-5-15(22)6-3-13/h2-7,12H,1,8-11H2,(H2,23,24,28). The molecule has 2 aromatic carbocycles. The van der Waals surface area contributed by atoms with E-state index in [1.165, 1.54) is 4.90 Å². The van der Waals surface area contributed by atoms with Crippen molar-refractivity contribution in [3.63, 3.8) is 0 Å². The van der Waals surface area contributed by atoms with E-state index in [0.717, 1.165) is 10.0 Å². The number of nitrogens with zero attached hydrogens (tertiary/aromatic N) is 1. The number of hydrogen-bond acceptors (Lipinski definition) is 3. The number of benzene rings is 2. The first kappa shape index (κ1) is 20.4. The highest BCUT2D eigenvalue weighted by Gasteiger charge is 2.34. The van der Waals surface area contributed by atoms with E-state index < -0.39 is 0 Å². The summed E-state index contributed by atoms with van der Waals surface area (Å²) in [6.07, 6.45) is 1.19. The van der Waals surface area contributed by atoms with E-state index in [0.29, 0.717) is 42.1 Å². The fourth-order valence-corrected chi connectivity index (χ4v) is 3.43. The minimum Gasteiger partial charge on any atom is -0.338 e. The zero-order chi connectivity index (χ0) is 20.1. The van der Waals surface area contributed by atoms with Crippen molar-refractivity contribution >= 4 is 45.4 Å². The molecule has 0 atom stereocenters. The summed E-state index contributed by atoms with van der Waals surface area (Å²) in [6.45, 7) is 1.12. The molecule has 3 rings (SSSR count). The monoisotopic (exact) mass is 463 g/mol. The van der Waals surface area contributed by atoms with E-state index >= 15 is 0 Å². The maximum absolute atomic E-state index is 12.4. The Labute approximate surface area is 176 Å². The lowest BCUT2D eigenvalue weighted by Gasteiger charge is -2.14. The van der Waals surface area contributed by atoms with Gasteiger partial charge in [0.25, 0.3) is 11.8 Å². The number of carbonyl (C=O) groups excluding carboxylic acids is 3. The van der Waals surface area contributed by atoms with Gasteiger partial charge in [0.05, 0.1) is 11.1 Å². The van der Waals surface area contributed by atoms with E-state index in [-0.39, 0.29) is 24.4 Å². The van der Waals surface area contributed by atoms with Crippen molar-refractivity contribution in [2.24, 2.45) is 0 Å². The fourth-order valence-electron chi connectivity index (χ4n) is 2.94. The van der Waals surface area contributed by atoms with Gasteiger partial charge in [0.15, 0.2) is 0 Å². The summed E-state index contributed by atoms with van der Waals surface area (Å²) in [5.41, 5.74) is 1.91. The van der Waals surface area contributed by atoms with Crippen LogP contribution in [-0.2, 0) is 6.42 Å². The fraction of sp³-hybridized carbons (Fsp3) is 0.250. The molecule has 0 unspecified atom stereocenters. The van der Waals surface area contributed by atoms with Gasteiger partial charge in [0, 0.05) is 29.1 Å². The Kier molecular flexibility index (Phi) is 6.70. The molecule has 1 aliphatic heterocycles. The molecule has 0 fully saturated rings. The zero-order valence-electron chi connectivity index (χ0n) is 15.0. The van der Waals surface area contributed by atoms with Crippen molar-refractivity contribution in [1.82, 2.24) is 15.5 Å². The number of amides is 4. The van der Waals surface area contributed by atoms with Gasteiger partial charge in [-0.3, -0.25) is 14.5 Å². The molecule has 1 aliphatic rings. The number of halogens is 2. The van der Waals surface area contributed by atoms with Gasteiger partial charge < -0.3 is 10.6 Å². The smallest absolute Gasteiger partial charge is 0.314 e. The SMILES string of the molecule is O=C(NCCCN1C(=O)c2ccc(Br)cc2C1=O)NCCc1ccc(Cl)cc1. The third kappa shape index (κ3) is 4.91. The maximum atomic E-state index is 12.4. The topological polar surface area (TPSA) is 78.5 Å². The second-order valence-electron chi connectivity index (χ2n) is 6.36. The predicted molar refractivity (Wildman–Crippen MR) is 111 cm³/mol. The molecule has 0 radical (unpaired) electrons. The van der Waals surface area contributed by atoms with Gasteiger partial charge in [0.2, 0.25) is 0 Å². The van der Waals surface area contributed by atoms with Gasteiger partial charge in [0.1, 0.15) is 0 Å². The quantitative estimate of drug-likeness (QED) is 0.485. The molecule has 0 saturated heterocycles. The summed E-state index contributed by atoms with van der Waals surface area (Å²) < 4.78 is 0.756. The van der Waals surface area contributed by atoms with Crippen molar-refractivity contribution in [3.8, 4) is 0 Å². The van der Waals surface area contributed by atoms with Gasteiger partial charge in [-0.15, -0.1) is 0 Å². The number of fused-ring (bicyclic) bond motifs is 1. The molecule has 1 heterocycles. The molecule has 0 aliphatic carbocycles. The normalized spacial score (nSPS) is 12.9. The van der Waals surface area contributed by atoms with Gasteiger partial charge in [-0.1, -0.05) is 39.7 Å². The molecule has 6 nitrogen and oxygen atoms in total. The Morgan fingerprint density at radius 3 is 2.39 bits per heavy atom. The first-order valence-corrected chi connectivity index (χ1v) is 10.0. The molecule has 146 valence electrons. The van der Waals surface area contributed by atoms with Crippen LogP contribution in [0.15, 0.2) is 46.9 Å². The molecule has 2 aromatic rings. The first-order chi connectivity index (χ1) is 13.5. The van der Waals surface area contributed by atoms with Crippen LogP contribution in [0.25, 0.3) is 0 Å². The number of urea groups is 1. The summed E-state index contributed by atoms with van der Waals surface area (Å²) in [5, 5.41) is 6.19. The minimum atomic E-state index is -0.297. The molecule has 8 heteroatoms. The van der Waals surface area contributed by atoms with Crippen molar-refractivity contribution in [3.05, 3.63) is 68.7 Å². The highest BCUT2D eigenvalue weighted by Crippen LogP contribution is 2.25. The lowest BCUT2D eigenvalue weighted by molar-refractivity contribution is 0.0653.